The van der Waals surface area contributed by atoms with Gasteiger partial charge in [-0.05, 0) is 30.6 Å². The Labute approximate surface area is 138 Å². The molecule has 1 amide bonds. The Morgan fingerprint density at radius 2 is 2.00 bits per heavy atom. The maximum atomic E-state index is 12.0. The lowest BCUT2D eigenvalue weighted by atomic mass is 9.75. The van der Waals surface area contributed by atoms with E-state index in [1.807, 2.05) is 0 Å². The molecule has 0 spiro atoms. The van der Waals surface area contributed by atoms with Crippen LogP contribution in [0.3, 0.4) is 0 Å². The molecule has 4 unspecified atom stereocenters. The van der Waals surface area contributed by atoms with Gasteiger partial charge in [-0.25, -0.2) is 4.79 Å². The van der Waals surface area contributed by atoms with Gasteiger partial charge in [-0.1, -0.05) is 27.2 Å². The van der Waals surface area contributed by atoms with E-state index >= 15 is 0 Å². The van der Waals surface area contributed by atoms with E-state index < -0.39 is 12.0 Å². The predicted molar refractivity (Wildman–Crippen MR) is 87.1 cm³/mol. The second-order valence-corrected chi connectivity index (χ2v) is 6.92. The minimum atomic E-state index is -1.05. The third-order valence-corrected chi connectivity index (χ3v) is 4.63. The molecule has 0 bridgehead atoms. The summed E-state index contributed by atoms with van der Waals surface area (Å²) >= 11 is 0. The number of carbonyl (C=O) groups is 2. The van der Waals surface area contributed by atoms with Crippen molar-refractivity contribution in [3.8, 4) is 0 Å². The molecule has 1 saturated carbocycles. The molecule has 23 heavy (non-hydrogen) atoms. The summed E-state index contributed by atoms with van der Waals surface area (Å²) in [6.45, 7) is 6.77. The van der Waals surface area contributed by atoms with Crippen LogP contribution in [0, 0.1) is 17.8 Å². The van der Waals surface area contributed by atoms with Gasteiger partial charge >= 0.3 is 5.97 Å². The highest BCUT2D eigenvalue weighted by Gasteiger charge is 2.32. The van der Waals surface area contributed by atoms with Gasteiger partial charge in [0.25, 0.3) is 0 Å². The fourth-order valence-electron chi connectivity index (χ4n) is 3.22. The first kappa shape index (κ1) is 19.9. The first-order valence-corrected chi connectivity index (χ1v) is 8.47. The molecule has 0 heterocycles. The zero-order valence-electron chi connectivity index (χ0n) is 14.7. The highest BCUT2D eigenvalue weighted by Crippen LogP contribution is 2.35. The van der Waals surface area contributed by atoms with Crippen LogP contribution in [0.25, 0.3) is 0 Å². The summed E-state index contributed by atoms with van der Waals surface area (Å²) in [7, 11) is 1.50. The molecular formula is C17H31NO5. The van der Waals surface area contributed by atoms with Crippen molar-refractivity contribution in [3.05, 3.63) is 0 Å². The summed E-state index contributed by atoms with van der Waals surface area (Å²) in [6.07, 6.45) is 3.60. The minimum Gasteiger partial charge on any atom is -0.480 e. The van der Waals surface area contributed by atoms with Crippen LogP contribution in [0.5, 0.6) is 0 Å². The number of amides is 1. The summed E-state index contributed by atoms with van der Waals surface area (Å²) in [6, 6.07) is -0.933. The number of rotatable bonds is 9. The van der Waals surface area contributed by atoms with E-state index in [0.717, 1.165) is 12.8 Å². The molecule has 1 aliphatic carbocycles. The van der Waals surface area contributed by atoms with Crippen molar-refractivity contribution in [3.63, 3.8) is 0 Å². The van der Waals surface area contributed by atoms with Crippen LogP contribution in [0.4, 0.5) is 0 Å². The Hall–Kier alpha value is -1.14. The van der Waals surface area contributed by atoms with Crippen molar-refractivity contribution in [1.82, 2.24) is 5.32 Å². The van der Waals surface area contributed by atoms with Gasteiger partial charge in [-0.2, -0.15) is 0 Å². The van der Waals surface area contributed by atoms with Crippen molar-refractivity contribution >= 4 is 11.9 Å². The molecule has 0 aromatic rings. The van der Waals surface area contributed by atoms with Crippen LogP contribution >= 0.6 is 0 Å². The Morgan fingerprint density at radius 1 is 1.30 bits per heavy atom. The molecule has 4 atom stereocenters. The third kappa shape index (κ3) is 6.87. The maximum absolute atomic E-state index is 12.0. The molecule has 0 saturated heterocycles. The summed E-state index contributed by atoms with van der Waals surface area (Å²) < 4.78 is 10.7. The number of carbonyl (C=O) groups excluding carboxylic acids is 1. The standard InChI is InChI=1S/C17H31NO5/c1-11(2)13-6-5-12(3)9-15(13)23-10-16(19)18-14(17(20)21)7-8-22-4/h11-15H,5-10H2,1-4H3,(H,18,19)(H,20,21). The number of hydrogen-bond acceptors (Lipinski definition) is 4. The van der Waals surface area contributed by atoms with E-state index in [-0.39, 0.29) is 31.6 Å². The van der Waals surface area contributed by atoms with Crippen LogP contribution in [0.15, 0.2) is 0 Å². The van der Waals surface area contributed by atoms with Crippen LogP contribution in [0.2, 0.25) is 0 Å². The van der Waals surface area contributed by atoms with E-state index in [4.69, 9.17) is 14.6 Å². The average molecular weight is 329 g/mol. The smallest absolute Gasteiger partial charge is 0.326 e. The molecule has 6 heteroatoms. The van der Waals surface area contributed by atoms with Crippen molar-refractivity contribution < 1.29 is 24.2 Å². The zero-order valence-corrected chi connectivity index (χ0v) is 14.7. The number of carboxylic acid groups (broad SMARTS) is 1. The Morgan fingerprint density at radius 3 is 2.57 bits per heavy atom. The second kappa shape index (κ2) is 9.88. The quantitative estimate of drug-likeness (QED) is 0.676. The molecule has 0 aromatic heterocycles. The second-order valence-electron chi connectivity index (χ2n) is 6.92. The number of aliphatic carboxylic acids is 1. The molecule has 6 nitrogen and oxygen atoms in total. The molecule has 0 aromatic carbocycles. The zero-order chi connectivity index (χ0) is 17.4. The van der Waals surface area contributed by atoms with E-state index in [2.05, 4.69) is 26.1 Å². The number of ether oxygens (including phenoxy) is 2. The van der Waals surface area contributed by atoms with E-state index in [1.54, 1.807) is 0 Å². The van der Waals surface area contributed by atoms with Crippen molar-refractivity contribution in [2.75, 3.05) is 20.3 Å². The van der Waals surface area contributed by atoms with E-state index in [9.17, 15) is 9.59 Å². The lowest BCUT2D eigenvalue weighted by molar-refractivity contribution is -0.144. The minimum absolute atomic E-state index is 0.0757. The highest BCUT2D eigenvalue weighted by molar-refractivity contribution is 5.84. The molecule has 1 aliphatic rings. The van der Waals surface area contributed by atoms with Gasteiger partial charge in [0, 0.05) is 20.1 Å². The molecule has 0 aliphatic heterocycles. The fraction of sp³-hybridized carbons (Fsp3) is 0.882. The summed E-state index contributed by atoms with van der Waals surface area (Å²) in [5.41, 5.74) is 0. The summed E-state index contributed by atoms with van der Waals surface area (Å²) in [5, 5.41) is 11.6. The number of hydrogen-bond donors (Lipinski definition) is 2. The Balaban J connectivity index is 2.47. The van der Waals surface area contributed by atoms with E-state index in [1.165, 1.54) is 13.5 Å². The first-order chi connectivity index (χ1) is 10.8. The Bertz CT molecular complexity index is 385. The molecular weight excluding hydrogens is 298 g/mol. The van der Waals surface area contributed by atoms with Crippen LogP contribution in [0.1, 0.15) is 46.5 Å². The largest absolute Gasteiger partial charge is 0.480 e. The fourth-order valence-corrected chi connectivity index (χ4v) is 3.22. The monoisotopic (exact) mass is 329 g/mol. The van der Waals surface area contributed by atoms with Gasteiger partial charge < -0.3 is 19.9 Å². The number of nitrogens with one attached hydrogen (secondary N) is 1. The lowest BCUT2D eigenvalue weighted by Crippen LogP contribution is -2.44. The predicted octanol–water partition coefficient (Wildman–Crippen LogP) is 2.07. The van der Waals surface area contributed by atoms with Crippen LogP contribution in [-0.4, -0.2) is 49.5 Å². The topological polar surface area (TPSA) is 84.9 Å². The molecule has 1 fully saturated rings. The van der Waals surface area contributed by atoms with Crippen molar-refractivity contribution in [2.45, 2.75) is 58.6 Å². The van der Waals surface area contributed by atoms with Gasteiger partial charge in [-0.3, -0.25) is 4.79 Å². The lowest BCUT2D eigenvalue weighted by Gasteiger charge is -2.37. The third-order valence-electron chi connectivity index (χ3n) is 4.63. The number of methoxy groups -OCH3 is 1. The Kier molecular flexibility index (Phi) is 8.55. The normalized spacial score (nSPS) is 26.0. The first-order valence-electron chi connectivity index (χ1n) is 8.47. The molecule has 1 rings (SSSR count). The van der Waals surface area contributed by atoms with Gasteiger partial charge in [0.05, 0.1) is 6.10 Å². The van der Waals surface area contributed by atoms with Crippen molar-refractivity contribution in [2.24, 2.45) is 17.8 Å². The van der Waals surface area contributed by atoms with Gasteiger partial charge in [0.15, 0.2) is 0 Å². The van der Waals surface area contributed by atoms with Crippen molar-refractivity contribution in [1.29, 1.82) is 0 Å². The highest BCUT2D eigenvalue weighted by atomic mass is 16.5. The number of carboxylic acids is 1. The average Bonchev–Trinajstić information content (AvgIpc) is 2.48. The molecule has 134 valence electrons. The van der Waals surface area contributed by atoms with Gasteiger partial charge in [0.2, 0.25) is 5.91 Å². The maximum Gasteiger partial charge on any atom is 0.326 e. The molecule has 2 N–H and O–H groups in total. The summed E-state index contributed by atoms with van der Waals surface area (Å²) in [5.74, 6) is 0.148. The van der Waals surface area contributed by atoms with E-state index in [0.29, 0.717) is 17.8 Å². The van der Waals surface area contributed by atoms with Gasteiger partial charge in [-0.15, -0.1) is 0 Å². The van der Waals surface area contributed by atoms with Crippen LogP contribution < -0.4 is 5.32 Å². The van der Waals surface area contributed by atoms with Crippen LogP contribution in [-0.2, 0) is 19.1 Å². The summed E-state index contributed by atoms with van der Waals surface area (Å²) in [4.78, 5) is 23.1. The SMILES string of the molecule is COCCC(NC(=O)COC1CC(C)CCC1C(C)C)C(=O)O. The van der Waals surface area contributed by atoms with Gasteiger partial charge in [0.1, 0.15) is 12.6 Å². The molecule has 0 radical (unpaired) electrons.